The lowest BCUT2D eigenvalue weighted by atomic mass is 9.85. The predicted molar refractivity (Wildman–Crippen MR) is 231 cm³/mol. The fourth-order valence-electron chi connectivity index (χ4n) is 8.45. The van der Waals surface area contributed by atoms with Crippen molar-refractivity contribution in [2.45, 2.75) is 16.6 Å². The van der Waals surface area contributed by atoms with Crippen molar-refractivity contribution in [1.29, 1.82) is 0 Å². The second-order valence-corrected chi connectivity index (χ2v) is 15.5. The molecule has 8 aromatic carbocycles. The van der Waals surface area contributed by atoms with Gasteiger partial charge in [-0.3, -0.25) is 0 Å². The van der Waals surface area contributed by atoms with Crippen LogP contribution < -0.4 is 0 Å². The van der Waals surface area contributed by atoms with Crippen LogP contribution in [0.15, 0.2) is 187 Å². The third kappa shape index (κ3) is 5.40. The molecule has 2 heterocycles. The summed E-state index contributed by atoms with van der Waals surface area (Å²) in [6.07, 6.45) is 7.83. The highest BCUT2D eigenvalue weighted by molar-refractivity contribution is 8.00. The summed E-state index contributed by atoms with van der Waals surface area (Å²) in [5.41, 5.74) is 10.4. The molecule has 0 spiro atoms. The number of allylic oxidation sites excluding steroid dienone is 3. The van der Waals surface area contributed by atoms with E-state index in [9.17, 15) is 0 Å². The third-order valence-corrected chi connectivity index (χ3v) is 12.3. The maximum atomic E-state index is 5.16. The molecule has 3 nitrogen and oxygen atoms in total. The van der Waals surface area contributed by atoms with Crippen LogP contribution in [0.3, 0.4) is 0 Å². The van der Waals surface area contributed by atoms with E-state index in [-0.39, 0.29) is 0 Å². The summed E-state index contributed by atoms with van der Waals surface area (Å²) in [5, 5.41) is 8.04. The minimum atomic E-state index is 0.375. The summed E-state index contributed by atoms with van der Waals surface area (Å²) in [6, 6.07) is 58.5. The van der Waals surface area contributed by atoms with Gasteiger partial charge in [0.2, 0.25) is 0 Å². The summed E-state index contributed by atoms with van der Waals surface area (Å²) >= 11 is 1.95. The molecular weight excluding hydrogens is 687 g/mol. The Bertz CT molecular complexity index is 2950. The van der Waals surface area contributed by atoms with Gasteiger partial charge in [-0.1, -0.05) is 164 Å². The number of thioether (sulfide) groups is 1. The van der Waals surface area contributed by atoms with Gasteiger partial charge in [0.25, 0.3) is 0 Å². The molecule has 1 aliphatic carbocycles. The number of nitrogens with zero attached hydrogens (tertiary/aromatic N) is 3. The second kappa shape index (κ2) is 13.0. The first-order valence-corrected chi connectivity index (χ1v) is 19.7. The van der Waals surface area contributed by atoms with E-state index in [1.807, 2.05) is 48.2 Å². The zero-order valence-electron chi connectivity index (χ0n) is 29.9. The Kier molecular flexibility index (Phi) is 7.56. The van der Waals surface area contributed by atoms with Crippen LogP contribution >= 0.6 is 11.8 Å². The van der Waals surface area contributed by atoms with Gasteiger partial charge in [0.05, 0.1) is 0 Å². The number of fused-ring (bicyclic) bond motifs is 9. The largest absolute Gasteiger partial charge is 0.208 e. The van der Waals surface area contributed by atoms with Crippen molar-refractivity contribution in [3.05, 3.63) is 188 Å². The molecule has 4 heteroatoms. The highest BCUT2D eigenvalue weighted by Crippen LogP contribution is 2.53. The molecule has 1 aliphatic heterocycles. The van der Waals surface area contributed by atoms with Crippen LogP contribution in [0.25, 0.3) is 94.3 Å². The van der Waals surface area contributed by atoms with Crippen LogP contribution in [-0.2, 0) is 0 Å². The van der Waals surface area contributed by atoms with Crippen molar-refractivity contribution in [3.8, 4) is 56.4 Å². The summed E-state index contributed by atoms with van der Waals surface area (Å²) in [6.45, 7) is 0. The molecule has 11 rings (SSSR count). The van der Waals surface area contributed by atoms with E-state index in [4.69, 9.17) is 15.0 Å². The average molecular weight is 720 g/mol. The Morgan fingerprint density at radius 3 is 1.58 bits per heavy atom. The zero-order chi connectivity index (χ0) is 36.3. The molecule has 0 saturated carbocycles. The van der Waals surface area contributed by atoms with Crippen LogP contribution in [0.5, 0.6) is 0 Å². The number of rotatable bonds is 5. The topological polar surface area (TPSA) is 38.7 Å². The average Bonchev–Trinajstić information content (AvgIpc) is 3.65. The maximum Gasteiger partial charge on any atom is 0.164 e. The second-order valence-electron chi connectivity index (χ2n) is 14.2. The molecule has 2 aliphatic rings. The van der Waals surface area contributed by atoms with Gasteiger partial charge in [0.15, 0.2) is 17.5 Å². The van der Waals surface area contributed by atoms with Gasteiger partial charge in [-0.25, -0.2) is 15.0 Å². The minimum absolute atomic E-state index is 0.375. The molecule has 1 aromatic heterocycles. The molecule has 55 heavy (non-hydrogen) atoms. The van der Waals surface area contributed by atoms with Gasteiger partial charge >= 0.3 is 0 Å². The monoisotopic (exact) mass is 719 g/mol. The fourth-order valence-corrected chi connectivity index (χ4v) is 9.83. The van der Waals surface area contributed by atoms with Crippen molar-refractivity contribution in [2.24, 2.45) is 0 Å². The lowest BCUT2D eigenvalue weighted by Crippen LogP contribution is -2.02. The Morgan fingerprint density at radius 2 is 0.945 bits per heavy atom. The number of hydrogen-bond acceptors (Lipinski definition) is 4. The molecule has 0 radical (unpaired) electrons. The summed E-state index contributed by atoms with van der Waals surface area (Å²) < 4.78 is 0. The van der Waals surface area contributed by atoms with Gasteiger partial charge < -0.3 is 0 Å². The van der Waals surface area contributed by atoms with Crippen molar-refractivity contribution in [2.75, 3.05) is 0 Å². The van der Waals surface area contributed by atoms with E-state index < -0.39 is 0 Å². The normalized spacial score (nSPS) is 14.6. The van der Waals surface area contributed by atoms with Gasteiger partial charge in [-0.05, 0) is 84.8 Å². The van der Waals surface area contributed by atoms with Gasteiger partial charge in [-0.15, -0.1) is 11.8 Å². The molecule has 9 aromatic rings. The van der Waals surface area contributed by atoms with Gasteiger partial charge in [-0.2, -0.15) is 0 Å². The van der Waals surface area contributed by atoms with E-state index >= 15 is 0 Å². The Balaban J connectivity index is 1.15. The van der Waals surface area contributed by atoms with E-state index in [1.165, 1.54) is 70.6 Å². The molecule has 0 N–H and O–H groups in total. The smallest absolute Gasteiger partial charge is 0.164 e. The molecule has 258 valence electrons. The molecule has 0 bridgehead atoms. The number of benzene rings is 8. The maximum absolute atomic E-state index is 5.16. The van der Waals surface area contributed by atoms with Crippen LogP contribution in [0.2, 0.25) is 0 Å². The molecular formula is C51H33N3S. The first-order valence-electron chi connectivity index (χ1n) is 18.8. The summed E-state index contributed by atoms with van der Waals surface area (Å²) in [4.78, 5) is 16.6. The van der Waals surface area contributed by atoms with Gasteiger partial charge in [0, 0.05) is 32.4 Å². The van der Waals surface area contributed by atoms with E-state index in [2.05, 4.69) is 146 Å². The SMILES string of the molecule is C1=CCC2Sc3cc(-c4nc(-c5ccccc5)nc(-c5ccccc5)n4)cc(-c4ccccc4-c4ccc5c6ccccc6c6ccccc6c5c4)c3C2=C1. The van der Waals surface area contributed by atoms with Crippen molar-refractivity contribution < 1.29 is 0 Å². The Morgan fingerprint density at radius 1 is 0.418 bits per heavy atom. The van der Waals surface area contributed by atoms with Crippen molar-refractivity contribution >= 4 is 49.7 Å². The Hall–Kier alpha value is -6.62. The van der Waals surface area contributed by atoms with Crippen molar-refractivity contribution in [1.82, 2.24) is 15.0 Å². The molecule has 1 unspecified atom stereocenters. The molecule has 1 atom stereocenters. The standard InChI is InChI=1S/C51H33N3S/c1-3-15-32(16-4-1)49-52-50(33-17-5-2-6-18-33)54-51(53-49)35-30-45(48-43-25-13-14-26-46(43)55-47(48)31-35)37-20-8-7-19-36(37)34-27-28-42-40-23-10-9-21-38(40)39-22-11-12-24-41(39)44(42)29-34/h1-25,27-31,46H,26H2. The van der Waals surface area contributed by atoms with E-state index in [0.717, 1.165) is 23.1 Å². The number of aromatic nitrogens is 3. The zero-order valence-corrected chi connectivity index (χ0v) is 30.7. The summed E-state index contributed by atoms with van der Waals surface area (Å²) in [5.74, 6) is 1.99. The van der Waals surface area contributed by atoms with Crippen molar-refractivity contribution in [3.63, 3.8) is 0 Å². The first-order chi connectivity index (χ1) is 27.3. The first kappa shape index (κ1) is 31.9. The fraction of sp³-hybridized carbons (Fsp3) is 0.0392. The highest BCUT2D eigenvalue weighted by Gasteiger charge is 2.32. The lowest BCUT2D eigenvalue weighted by molar-refractivity contribution is 1.07. The van der Waals surface area contributed by atoms with Crippen LogP contribution in [0, 0.1) is 0 Å². The summed E-state index contributed by atoms with van der Waals surface area (Å²) in [7, 11) is 0. The molecule has 0 saturated heterocycles. The van der Waals surface area contributed by atoms with Crippen LogP contribution in [0.1, 0.15) is 12.0 Å². The van der Waals surface area contributed by atoms with Gasteiger partial charge in [0.1, 0.15) is 0 Å². The highest BCUT2D eigenvalue weighted by atomic mass is 32.2. The van der Waals surface area contributed by atoms with E-state index in [1.54, 1.807) is 0 Å². The predicted octanol–water partition coefficient (Wildman–Crippen LogP) is 13.5. The van der Waals surface area contributed by atoms with Crippen LogP contribution in [-0.4, -0.2) is 20.2 Å². The van der Waals surface area contributed by atoms with Crippen LogP contribution in [0.4, 0.5) is 0 Å². The minimum Gasteiger partial charge on any atom is -0.208 e. The lowest BCUT2D eigenvalue weighted by Gasteiger charge is -2.18. The molecule has 0 amide bonds. The molecule has 0 fully saturated rings. The Labute approximate surface area is 323 Å². The van der Waals surface area contributed by atoms with E-state index in [0.29, 0.717) is 22.7 Å². The quantitative estimate of drug-likeness (QED) is 0.166. The third-order valence-electron chi connectivity index (χ3n) is 11.0. The number of hydrogen-bond donors (Lipinski definition) is 0.